The fraction of sp³-hybridized carbons (Fsp3) is 0.280. The van der Waals surface area contributed by atoms with E-state index in [-0.39, 0.29) is 22.8 Å². The molecular formula is C25H27BrN4O6S. The number of halogens is 1. The Labute approximate surface area is 223 Å². The van der Waals surface area contributed by atoms with E-state index >= 15 is 0 Å². The zero-order chi connectivity index (χ0) is 27.2. The van der Waals surface area contributed by atoms with E-state index in [4.69, 9.17) is 4.74 Å². The number of aromatic nitrogens is 2. The minimum absolute atomic E-state index is 0.00975. The topological polar surface area (TPSA) is 139 Å². The van der Waals surface area contributed by atoms with Gasteiger partial charge in [0.25, 0.3) is 0 Å². The second-order valence-electron chi connectivity index (χ2n) is 9.07. The summed E-state index contributed by atoms with van der Waals surface area (Å²) >= 11 is 3.39. The third-order valence-corrected chi connectivity index (χ3v) is 6.88. The van der Waals surface area contributed by atoms with Crippen LogP contribution in [0.3, 0.4) is 0 Å². The van der Waals surface area contributed by atoms with E-state index in [1.54, 1.807) is 32.9 Å². The maximum atomic E-state index is 13.1. The van der Waals surface area contributed by atoms with Crippen LogP contribution in [0, 0.1) is 0 Å². The van der Waals surface area contributed by atoms with E-state index in [9.17, 15) is 23.1 Å². The fourth-order valence-electron chi connectivity index (χ4n) is 3.30. The number of benzene rings is 1. The number of aliphatic carboxylic acids is 1. The molecule has 37 heavy (non-hydrogen) atoms. The molecule has 196 valence electrons. The molecule has 1 amide bonds. The van der Waals surface area contributed by atoms with Gasteiger partial charge in [-0.25, -0.2) is 22.9 Å². The second kappa shape index (κ2) is 11.8. The molecule has 0 saturated carbocycles. The molecule has 0 aliphatic carbocycles. The molecule has 0 bridgehead atoms. The number of carboxylic acids is 1. The summed E-state index contributed by atoms with van der Waals surface area (Å²) in [6, 6.07) is 14.1. The lowest BCUT2D eigenvalue weighted by Gasteiger charge is -2.26. The van der Waals surface area contributed by atoms with Crippen LogP contribution in [0.2, 0.25) is 0 Å². The zero-order valence-corrected chi connectivity index (χ0v) is 22.9. The first-order valence-corrected chi connectivity index (χ1v) is 13.5. The van der Waals surface area contributed by atoms with Crippen LogP contribution in [0.5, 0.6) is 0 Å². The minimum atomic E-state index is -3.99. The van der Waals surface area contributed by atoms with Gasteiger partial charge in [0.1, 0.15) is 22.9 Å². The first-order chi connectivity index (χ1) is 17.3. The van der Waals surface area contributed by atoms with Crippen molar-refractivity contribution in [2.24, 2.45) is 0 Å². The summed E-state index contributed by atoms with van der Waals surface area (Å²) < 4.78 is 35.2. The average molecular weight is 591 g/mol. The highest BCUT2D eigenvalue weighted by molar-refractivity contribution is 9.10. The molecule has 2 aromatic heterocycles. The van der Waals surface area contributed by atoms with Crippen molar-refractivity contribution in [1.82, 2.24) is 14.7 Å². The van der Waals surface area contributed by atoms with Crippen molar-refractivity contribution in [3.63, 3.8) is 0 Å². The number of amides is 1. The molecule has 1 unspecified atom stereocenters. The Morgan fingerprint density at radius 3 is 2.41 bits per heavy atom. The number of sulfonamides is 1. The molecule has 0 spiro atoms. The van der Waals surface area contributed by atoms with Gasteiger partial charge in [0.05, 0.1) is 11.7 Å². The molecule has 3 rings (SSSR count). The number of carbonyl (C=O) groups is 2. The Bertz CT molecular complexity index is 1350. The number of carboxylic acid groups (broad SMARTS) is 1. The SMILES string of the molecule is CC(C)(C)OC(=O)N(CC(=O)O)c1cccc(C(Cc2ccc(Br)cc2)NS(=O)(=O)c2cccnc2)n1. The van der Waals surface area contributed by atoms with Crippen molar-refractivity contribution in [2.45, 2.75) is 43.7 Å². The predicted molar refractivity (Wildman–Crippen MR) is 141 cm³/mol. The Morgan fingerprint density at radius 2 is 1.81 bits per heavy atom. The predicted octanol–water partition coefficient (Wildman–Crippen LogP) is 4.33. The third-order valence-electron chi connectivity index (χ3n) is 4.89. The molecule has 12 heteroatoms. The largest absolute Gasteiger partial charge is 0.480 e. The van der Waals surface area contributed by atoms with Gasteiger partial charge in [-0.2, -0.15) is 0 Å². The smallest absolute Gasteiger partial charge is 0.416 e. The van der Waals surface area contributed by atoms with Gasteiger partial charge in [-0.1, -0.05) is 34.1 Å². The van der Waals surface area contributed by atoms with E-state index in [0.29, 0.717) is 0 Å². The second-order valence-corrected chi connectivity index (χ2v) is 11.7. The summed E-state index contributed by atoms with van der Waals surface area (Å²) in [7, 11) is -3.99. The van der Waals surface area contributed by atoms with Gasteiger partial charge in [0.15, 0.2) is 0 Å². The number of pyridine rings is 2. The lowest BCUT2D eigenvalue weighted by Crippen LogP contribution is -2.40. The number of rotatable bonds is 9. The van der Waals surface area contributed by atoms with Gasteiger partial charge in [0, 0.05) is 16.9 Å². The first kappa shape index (κ1) is 28.2. The van der Waals surface area contributed by atoms with Crippen LogP contribution >= 0.6 is 15.9 Å². The molecule has 10 nitrogen and oxygen atoms in total. The van der Waals surface area contributed by atoms with E-state index < -0.39 is 40.3 Å². The van der Waals surface area contributed by atoms with E-state index in [2.05, 4.69) is 30.6 Å². The number of hydrogen-bond acceptors (Lipinski definition) is 7. The number of carbonyl (C=O) groups excluding carboxylic acids is 1. The van der Waals surface area contributed by atoms with Gasteiger partial charge in [-0.05, 0) is 69.2 Å². The van der Waals surface area contributed by atoms with Crippen LogP contribution in [0.4, 0.5) is 10.6 Å². The quantitative estimate of drug-likeness (QED) is 0.375. The zero-order valence-electron chi connectivity index (χ0n) is 20.5. The van der Waals surface area contributed by atoms with Crippen molar-refractivity contribution in [1.29, 1.82) is 0 Å². The Hall–Kier alpha value is -3.35. The number of anilines is 1. The van der Waals surface area contributed by atoms with Gasteiger partial charge in [-0.3, -0.25) is 14.7 Å². The standard InChI is InChI=1S/C25H27BrN4O6S/c1-25(2,3)36-24(33)30(16-23(31)32)22-8-4-7-20(28-22)21(14-17-9-11-18(26)12-10-17)29-37(34,35)19-6-5-13-27-15-19/h4-13,15,21,29H,14,16H2,1-3H3,(H,31,32). The monoisotopic (exact) mass is 590 g/mol. The number of nitrogens with one attached hydrogen (secondary N) is 1. The van der Waals surface area contributed by atoms with Crippen LogP contribution in [-0.4, -0.2) is 47.7 Å². The molecular weight excluding hydrogens is 564 g/mol. The van der Waals surface area contributed by atoms with Gasteiger partial charge in [0.2, 0.25) is 10.0 Å². The Morgan fingerprint density at radius 1 is 1.11 bits per heavy atom. The molecule has 1 aromatic carbocycles. The summed E-state index contributed by atoms with van der Waals surface area (Å²) in [5.74, 6) is -1.25. The van der Waals surface area contributed by atoms with Crippen molar-refractivity contribution in [3.05, 3.63) is 82.7 Å². The first-order valence-electron chi connectivity index (χ1n) is 11.2. The molecule has 1 atom stereocenters. The minimum Gasteiger partial charge on any atom is -0.480 e. The molecule has 0 aliphatic heterocycles. The molecule has 0 aliphatic rings. The maximum Gasteiger partial charge on any atom is 0.416 e. The van der Waals surface area contributed by atoms with E-state index in [1.165, 1.54) is 30.6 Å². The highest BCUT2D eigenvalue weighted by atomic mass is 79.9. The van der Waals surface area contributed by atoms with E-state index in [1.807, 2.05) is 24.3 Å². The number of nitrogens with zero attached hydrogens (tertiary/aromatic N) is 3. The van der Waals surface area contributed by atoms with Gasteiger partial charge >= 0.3 is 12.1 Å². The molecule has 2 N–H and O–H groups in total. The lowest BCUT2D eigenvalue weighted by molar-refractivity contribution is -0.135. The maximum absolute atomic E-state index is 13.1. The van der Waals surface area contributed by atoms with Crippen molar-refractivity contribution >= 4 is 43.8 Å². The van der Waals surface area contributed by atoms with Gasteiger partial charge < -0.3 is 9.84 Å². The molecule has 3 aromatic rings. The summed E-state index contributed by atoms with van der Waals surface area (Å²) in [4.78, 5) is 33.5. The summed E-state index contributed by atoms with van der Waals surface area (Å²) in [6.07, 6.45) is 2.05. The summed E-state index contributed by atoms with van der Waals surface area (Å²) in [5, 5.41) is 9.39. The highest BCUT2D eigenvalue weighted by Crippen LogP contribution is 2.24. The lowest BCUT2D eigenvalue weighted by atomic mass is 10.0. The molecule has 0 radical (unpaired) electrons. The number of ether oxygens (including phenoxy) is 1. The van der Waals surface area contributed by atoms with Crippen LogP contribution in [-0.2, 0) is 26.0 Å². The van der Waals surface area contributed by atoms with Crippen molar-refractivity contribution in [3.8, 4) is 0 Å². The van der Waals surface area contributed by atoms with Crippen LogP contribution in [0.1, 0.15) is 38.1 Å². The van der Waals surface area contributed by atoms with E-state index in [0.717, 1.165) is 14.9 Å². The summed E-state index contributed by atoms with van der Waals surface area (Å²) in [5.41, 5.74) is 0.241. The fourth-order valence-corrected chi connectivity index (χ4v) is 4.74. The third kappa shape index (κ3) is 8.34. The summed E-state index contributed by atoms with van der Waals surface area (Å²) in [6.45, 7) is 4.30. The van der Waals surface area contributed by atoms with Crippen molar-refractivity contribution < 1.29 is 27.9 Å². The van der Waals surface area contributed by atoms with Gasteiger partial charge in [-0.15, -0.1) is 0 Å². The van der Waals surface area contributed by atoms with Crippen LogP contribution in [0.15, 0.2) is 76.4 Å². The average Bonchev–Trinajstić information content (AvgIpc) is 2.83. The normalized spacial score (nSPS) is 12.5. The molecule has 0 saturated heterocycles. The Kier molecular flexibility index (Phi) is 9.00. The van der Waals surface area contributed by atoms with Crippen LogP contribution < -0.4 is 9.62 Å². The highest BCUT2D eigenvalue weighted by Gasteiger charge is 2.28. The molecule has 0 fully saturated rings. The molecule has 2 heterocycles. The van der Waals surface area contributed by atoms with Crippen molar-refractivity contribution in [2.75, 3.05) is 11.4 Å². The Balaban J connectivity index is 2.02. The number of hydrogen-bond donors (Lipinski definition) is 2. The van der Waals surface area contributed by atoms with Crippen LogP contribution in [0.25, 0.3) is 0 Å².